The number of methoxy groups -OCH3 is 1. The molecule has 4 rings (SSSR count). The van der Waals surface area contributed by atoms with E-state index in [0.717, 1.165) is 33.9 Å². The lowest BCUT2D eigenvalue weighted by Crippen LogP contribution is -2.13. The van der Waals surface area contributed by atoms with Crippen molar-refractivity contribution in [3.63, 3.8) is 0 Å². The lowest BCUT2D eigenvalue weighted by atomic mass is 10.1. The molecular weight excluding hydrogens is 445 g/mol. The van der Waals surface area contributed by atoms with Crippen LogP contribution in [0.1, 0.15) is 30.2 Å². The van der Waals surface area contributed by atoms with Gasteiger partial charge >= 0.3 is 0 Å². The molecular formula is C28H28FN3O3. The number of hydrogen-bond donors (Lipinski definition) is 1. The molecule has 0 atom stereocenters. The number of aryl methyl sites for hydroxylation is 2. The number of ether oxygens (including phenoxy) is 2. The maximum atomic E-state index is 13.5. The monoisotopic (exact) mass is 473 g/mol. The molecule has 0 aliphatic heterocycles. The van der Waals surface area contributed by atoms with Crippen molar-refractivity contribution in [2.24, 2.45) is 0 Å². The smallest absolute Gasteiger partial charge is 0.226 e. The molecule has 6 nitrogen and oxygen atoms in total. The van der Waals surface area contributed by atoms with E-state index < -0.39 is 0 Å². The zero-order valence-electron chi connectivity index (χ0n) is 20.0. The van der Waals surface area contributed by atoms with Crippen molar-refractivity contribution in [2.75, 3.05) is 12.4 Å². The van der Waals surface area contributed by atoms with Crippen LogP contribution in [0.3, 0.4) is 0 Å². The minimum absolute atomic E-state index is 0.0948. The van der Waals surface area contributed by atoms with Crippen LogP contribution in [0, 0.1) is 12.7 Å². The SMILES string of the molecule is CCc1nn(-c2ccc(OC)cc2)c(Oc2ccc(F)cc2)c1CCC(=O)Nc1cccc(C)c1. The predicted molar refractivity (Wildman–Crippen MR) is 134 cm³/mol. The largest absolute Gasteiger partial charge is 0.497 e. The molecule has 0 aliphatic carbocycles. The van der Waals surface area contributed by atoms with Gasteiger partial charge < -0.3 is 14.8 Å². The average molecular weight is 474 g/mol. The van der Waals surface area contributed by atoms with Gasteiger partial charge in [0.25, 0.3) is 0 Å². The summed E-state index contributed by atoms with van der Waals surface area (Å²) < 4.78 is 26.7. The molecule has 180 valence electrons. The number of rotatable bonds is 9. The lowest BCUT2D eigenvalue weighted by molar-refractivity contribution is -0.116. The van der Waals surface area contributed by atoms with Crippen LogP contribution in [0.25, 0.3) is 5.69 Å². The van der Waals surface area contributed by atoms with Crippen molar-refractivity contribution in [1.29, 1.82) is 0 Å². The van der Waals surface area contributed by atoms with Gasteiger partial charge in [0.2, 0.25) is 11.8 Å². The van der Waals surface area contributed by atoms with Crippen LogP contribution in [0.5, 0.6) is 17.4 Å². The Balaban J connectivity index is 1.65. The molecule has 1 heterocycles. The summed E-state index contributed by atoms with van der Waals surface area (Å²) in [6.45, 7) is 3.99. The third-order valence-electron chi connectivity index (χ3n) is 5.60. The Bertz CT molecular complexity index is 1300. The summed E-state index contributed by atoms with van der Waals surface area (Å²) >= 11 is 0. The fraction of sp³-hybridized carbons (Fsp3) is 0.214. The topological polar surface area (TPSA) is 65.4 Å². The number of carbonyl (C=O) groups is 1. The van der Waals surface area contributed by atoms with Gasteiger partial charge in [-0.05, 0) is 86.0 Å². The van der Waals surface area contributed by atoms with Crippen LogP contribution >= 0.6 is 0 Å². The van der Waals surface area contributed by atoms with Gasteiger partial charge in [-0.15, -0.1) is 0 Å². The average Bonchev–Trinajstić information content (AvgIpc) is 3.21. The van der Waals surface area contributed by atoms with Gasteiger partial charge in [-0.2, -0.15) is 5.10 Å². The molecule has 3 aromatic carbocycles. The summed E-state index contributed by atoms with van der Waals surface area (Å²) in [5, 5.41) is 7.74. The van der Waals surface area contributed by atoms with E-state index in [1.807, 2.05) is 62.4 Å². The first kappa shape index (κ1) is 24.0. The highest BCUT2D eigenvalue weighted by Gasteiger charge is 2.21. The Kier molecular flexibility index (Phi) is 7.45. The van der Waals surface area contributed by atoms with Crippen molar-refractivity contribution < 1.29 is 18.7 Å². The first-order valence-electron chi connectivity index (χ1n) is 11.5. The van der Waals surface area contributed by atoms with Gasteiger partial charge in [0, 0.05) is 17.7 Å². The third-order valence-corrected chi connectivity index (χ3v) is 5.60. The van der Waals surface area contributed by atoms with Crippen LogP contribution in [0.2, 0.25) is 0 Å². The third kappa shape index (κ3) is 5.87. The second-order valence-corrected chi connectivity index (χ2v) is 8.17. The molecule has 0 spiro atoms. The highest BCUT2D eigenvalue weighted by atomic mass is 19.1. The van der Waals surface area contributed by atoms with E-state index in [2.05, 4.69) is 5.32 Å². The van der Waals surface area contributed by atoms with Crippen LogP contribution in [-0.4, -0.2) is 22.8 Å². The number of benzene rings is 3. The molecule has 1 N–H and O–H groups in total. The van der Waals surface area contributed by atoms with Gasteiger partial charge in [-0.25, -0.2) is 9.07 Å². The normalized spacial score (nSPS) is 10.7. The second-order valence-electron chi connectivity index (χ2n) is 8.17. The van der Waals surface area contributed by atoms with Gasteiger partial charge in [0.05, 0.1) is 18.5 Å². The minimum atomic E-state index is -0.344. The maximum absolute atomic E-state index is 13.5. The summed E-state index contributed by atoms with van der Waals surface area (Å²) in [4.78, 5) is 12.7. The summed E-state index contributed by atoms with van der Waals surface area (Å²) in [6, 6.07) is 21.0. The van der Waals surface area contributed by atoms with Gasteiger partial charge in [0.15, 0.2) is 0 Å². The van der Waals surface area contributed by atoms with Crippen molar-refractivity contribution in [3.05, 3.63) is 95.4 Å². The molecule has 4 aromatic rings. The first-order valence-corrected chi connectivity index (χ1v) is 11.5. The van der Waals surface area contributed by atoms with Crippen LogP contribution in [-0.2, 0) is 17.6 Å². The molecule has 0 bridgehead atoms. The minimum Gasteiger partial charge on any atom is -0.497 e. The number of nitrogens with one attached hydrogen (secondary N) is 1. The molecule has 1 aromatic heterocycles. The van der Waals surface area contributed by atoms with Gasteiger partial charge in [0.1, 0.15) is 17.3 Å². The van der Waals surface area contributed by atoms with Crippen molar-refractivity contribution in [3.8, 4) is 23.1 Å². The van der Waals surface area contributed by atoms with E-state index in [1.165, 1.54) is 12.1 Å². The molecule has 1 amide bonds. The second kappa shape index (κ2) is 10.9. The van der Waals surface area contributed by atoms with Crippen molar-refractivity contribution >= 4 is 11.6 Å². The number of anilines is 1. The van der Waals surface area contributed by atoms with E-state index in [-0.39, 0.29) is 18.1 Å². The molecule has 0 saturated heterocycles. The van der Waals surface area contributed by atoms with E-state index in [4.69, 9.17) is 14.6 Å². The van der Waals surface area contributed by atoms with E-state index >= 15 is 0 Å². The summed E-state index contributed by atoms with van der Waals surface area (Å²) in [7, 11) is 1.61. The predicted octanol–water partition coefficient (Wildman–Crippen LogP) is 6.25. The molecule has 35 heavy (non-hydrogen) atoms. The molecule has 0 fully saturated rings. The Morgan fingerprint density at radius 2 is 1.74 bits per heavy atom. The fourth-order valence-corrected chi connectivity index (χ4v) is 3.82. The van der Waals surface area contributed by atoms with Gasteiger partial charge in [-0.3, -0.25) is 4.79 Å². The standard InChI is InChI=1S/C28H28FN3O3/c1-4-26-25(16-17-27(33)30-21-7-5-6-19(2)18-21)28(35-24-12-8-20(29)9-13-24)32(31-26)22-10-14-23(34-3)15-11-22/h5-15,18H,4,16-17H2,1-3H3,(H,30,33). The lowest BCUT2D eigenvalue weighted by Gasteiger charge is -2.12. The highest BCUT2D eigenvalue weighted by molar-refractivity contribution is 5.91. The maximum Gasteiger partial charge on any atom is 0.226 e. The Hall–Kier alpha value is -4.13. The summed E-state index contributed by atoms with van der Waals surface area (Å²) in [5.41, 5.74) is 4.30. The number of carbonyl (C=O) groups excluding carboxylic acids is 1. The van der Waals surface area contributed by atoms with Crippen molar-refractivity contribution in [1.82, 2.24) is 9.78 Å². The summed E-state index contributed by atoms with van der Waals surface area (Å²) in [6.07, 6.45) is 1.36. The highest BCUT2D eigenvalue weighted by Crippen LogP contribution is 2.33. The molecule has 7 heteroatoms. The fourth-order valence-electron chi connectivity index (χ4n) is 3.82. The molecule has 0 radical (unpaired) electrons. The van der Waals surface area contributed by atoms with Crippen LogP contribution < -0.4 is 14.8 Å². The van der Waals surface area contributed by atoms with E-state index in [1.54, 1.807) is 23.9 Å². The Morgan fingerprint density at radius 1 is 1.03 bits per heavy atom. The number of halogens is 1. The zero-order chi connectivity index (χ0) is 24.8. The Labute approximate surface area is 204 Å². The molecule has 0 unspecified atom stereocenters. The molecule has 0 saturated carbocycles. The zero-order valence-corrected chi connectivity index (χ0v) is 20.0. The van der Waals surface area contributed by atoms with Crippen LogP contribution in [0.4, 0.5) is 10.1 Å². The first-order chi connectivity index (χ1) is 17.0. The number of nitrogens with zero attached hydrogens (tertiary/aromatic N) is 2. The number of amides is 1. The summed E-state index contributed by atoms with van der Waals surface area (Å²) in [5.74, 6) is 1.27. The molecule has 0 aliphatic rings. The van der Waals surface area contributed by atoms with Crippen LogP contribution in [0.15, 0.2) is 72.8 Å². The number of aromatic nitrogens is 2. The quantitative estimate of drug-likeness (QED) is 0.312. The number of hydrogen-bond acceptors (Lipinski definition) is 4. The van der Waals surface area contributed by atoms with E-state index in [9.17, 15) is 9.18 Å². The van der Waals surface area contributed by atoms with Crippen molar-refractivity contribution in [2.45, 2.75) is 33.1 Å². The Morgan fingerprint density at radius 3 is 2.40 bits per heavy atom. The van der Waals surface area contributed by atoms with Gasteiger partial charge in [-0.1, -0.05) is 19.1 Å². The van der Waals surface area contributed by atoms with E-state index in [0.29, 0.717) is 24.5 Å².